The van der Waals surface area contributed by atoms with Gasteiger partial charge in [-0.1, -0.05) is 18.2 Å². The molecule has 0 aliphatic carbocycles. The number of methoxy groups -OCH3 is 3. The monoisotopic (exact) mass is 500 g/mol. The van der Waals surface area contributed by atoms with Gasteiger partial charge in [0.25, 0.3) is 0 Å². The molecule has 0 aromatic heterocycles. The third kappa shape index (κ3) is 6.80. The average molecular weight is 501 g/mol. The summed E-state index contributed by atoms with van der Waals surface area (Å²) in [7, 11) is 0.779. The number of anilines is 1. The maximum absolute atomic E-state index is 12.7. The van der Waals surface area contributed by atoms with Crippen LogP contribution in [0, 0.1) is 0 Å². The molecule has 3 aromatic rings. The lowest BCUT2D eigenvalue weighted by atomic mass is 10.1. The number of nitrogens with zero attached hydrogens (tertiary/aromatic N) is 1. The summed E-state index contributed by atoms with van der Waals surface area (Å²) >= 11 is 0. The number of carbonyl (C=O) groups is 1. The molecule has 0 unspecified atom stereocenters. The first-order chi connectivity index (χ1) is 16.7. The Bertz CT molecular complexity index is 1220. The van der Waals surface area contributed by atoms with Crippen molar-refractivity contribution >= 4 is 21.6 Å². The SMILES string of the molecule is COc1cc(CNC(=O)CN(c2ccc(Oc3ccccc3)cc2)S(C)(=O)=O)cc(OC)c1OC. The minimum atomic E-state index is -3.72. The van der Waals surface area contributed by atoms with Gasteiger partial charge in [0.2, 0.25) is 21.7 Å². The van der Waals surface area contributed by atoms with E-state index in [1.54, 1.807) is 36.4 Å². The van der Waals surface area contributed by atoms with E-state index in [1.165, 1.54) is 21.3 Å². The highest BCUT2D eigenvalue weighted by Crippen LogP contribution is 2.38. The van der Waals surface area contributed by atoms with Crippen LogP contribution in [0.1, 0.15) is 5.56 Å². The van der Waals surface area contributed by atoms with Gasteiger partial charge >= 0.3 is 0 Å². The molecule has 3 rings (SSSR count). The number of rotatable bonds is 11. The van der Waals surface area contributed by atoms with Crippen molar-refractivity contribution in [1.82, 2.24) is 5.32 Å². The van der Waals surface area contributed by atoms with Crippen LogP contribution in [0.4, 0.5) is 5.69 Å². The van der Waals surface area contributed by atoms with Gasteiger partial charge < -0.3 is 24.3 Å². The first kappa shape index (κ1) is 25.7. The molecule has 0 fully saturated rings. The van der Waals surface area contributed by atoms with Crippen LogP contribution < -0.4 is 28.6 Å². The predicted octanol–water partition coefficient (Wildman–Crippen LogP) is 3.59. The van der Waals surface area contributed by atoms with Crippen molar-refractivity contribution in [3.63, 3.8) is 0 Å². The van der Waals surface area contributed by atoms with Gasteiger partial charge in [-0.2, -0.15) is 0 Å². The minimum absolute atomic E-state index is 0.136. The van der Waals surface area contributed by atoms with Crippen LogP contribution in [-0.2, 0) is 21.4 Å². The van der Waals surface area contributed by atoms with Crippen LogP contribution >= 0.6 is 0 Å². The topological polar surface area (TPSA) is 103 Å². The summed E-state index contributed by atoms with van der Waals surface area (Å²) in [6.45, 7) is -0.251. The third-order valence-electron chi connectivity index (χ3n) is 5.01. The number of nitrogens with one attached hydrogen (secondary N) is 1. The fourth-order valence-corrected chi connectivity index (χ4v) is 4.19. The van der Waals surface area contributed by atoms with Crippen molar-refractivity contribution in [2.24, 2.45) is 0 Å². The van der Waals surface area contributed by atoms with E-state index in [2.05, 4.69) is 5.32 Å². The molecule has 0 bridgehead atoms. The molecule has 0 aliphatic heterocycles. The third-order valence-corrected chi connectivity index (χ3v) is 6.15. The Morgan fingerprint density at radius 3 is 1.94 bits per heavy atom. The van der Waals surface area contributed by atoms with Gasteiger partial charge in [-0.05, 0) is 54.1 Å². The minimum Gasteiger partial charge on any atom is -0.493 e. The molecule has 3 aromatic carbocycles. The predicted molar refractivity (Wildman–Crippen MR) is 133 cm³/mol. The lowest BCUT2D eigenvalue weighted by molar-refractivity contribution is -0.119. The van der Waals surface area contributed by atoms with Crippen molar-refractivity contribution < 1.29 is 32.2 Å². The van der Waals surface area contributed by atoms with E-state index in [4.69, 9.17) is 18.9 Å². The Hall–Kier alpha value is -3.92. The molecule has 186 valence electrons. The van der Waals surface area contributed by atoms with E-state index in [-0.39, 0.29) is 13.1 Å². The molecule has 0 radical (unpaired) electrons. The Kier molecular flexibility index (Phi) is 8.43. The van der Waals surface area contributed by atoms with Gasteiger partial charge in [-0.15, -0.1) is 0 Å². The van der Waals surface area contributed by atoms with Crippen LogP contribution in [-0.4, -0.2) is 48.5 Å². The Balaban J connectivity index is 1.70. The maximum atomic E-state index is 12.7. The Labute approximate surface area is 205 Å². The molecule has 0 heterocycles. The number of sulfonamides is 1. The van der Waals surface area contributed by atoms with Gasteiger partial charge in [0.05, 0.1) is 33.3 Å². The molecule has 0 saturated heterocycles. The van der Waals surface area contributed by atoms with Crippen LogP contribution in [0.15, 0.2) is 66.7 Å². The average Bonchev–Trinajstić information content (AvgIpc) is 2.85. The lowest BCUT2D eigenvalue weighted by Gasteiger charge is -2.22. The summed E-state index contributed by atoms with van der Waals surface area (Å²) in [5.74, 6) is 2.06. The van der Waals surface area contributed by atoms with E-state index >= 15 is 0 Å². The number of ether oxygens (including phenoxy) is 4. The van der Waals surface area contributed by atoms with Crippen LogP contribution in [0.5, 0.6) is 28.7 Å². The van der Waals surface area contributed by atoms with Crippen molar-refractivity contribution in [3.8, 4) is 28.7 Å². The van der Waals surface area contributed by atoms with Crippen LogP contribution in [0.3, 0.4) is 0 Å². The number of carbonyl (C=O) groups excluding carboxylic acids is 1. The van der Waals surface area contributed by atoms with Gasteiger partial charge in [0.15, 0.2) is 11.5 Å². The van der Waals surface area contributed by atoms with Crippen molar-refractivity contribution in [1.29, 1.82) is 0 Å². The maximum Gasteiger partial charge on any atom is 0.241 e. The highest BCUT2D eigenvalue weighted by Gasteiger charge is 2.21. The fraction of sp³-hybridized carbons (Fsp3) is 0.240. The Morgan fingerprint density at radius 2 is 1.43 bits per heavy atom. The molecule has 10 heteroatoms. The van der Waals surface area contributed by atoms with Crippen LogP contribution in [0.25, 0.3) is 0 Å². The molecule has 0 atom stereocenters. The highest BCUT2D eigenvalue weighted by atomic mass is 32.2. The molecule has 35 heavy (non-hydrogen) atoms. The lowest BCUT2D eigenvalue weighted by Crippen LogP contribution is -2.40. The van der Waals surface area contributed by atoms with Crippen LogP contribution in [0.2, 0.25) is 0 Å². The molecular formula is C25H28N2O7S. The summed E-state index contributed by atoms with van der Waals surface area (Å²) < 4.78 is 47.6. The zero-order valence-corrected chi connectivity index (χ0v) is 20.8. The highest BCUT2D eigenvalue weighted by molar-refractivity contribution is 7.92. The van der Waals surface area contributed by atoms with E-state index in [0.29, 0.717) is 40.0 Å². The molecule has 0 aliphatic rings. The second-order valence-electron chi connectivity index (χ2n) is 7.49. The van der Waals surface area contributed by atoms with Gasteiger partial charge in [0.1, 0.15) is 18.0 Å². The molecule has 1 amide bonds. The molecule has 0 spiro atoms. The summed E-state index contributed by atoms with van der Waals surface area (Å²) in [5.41, 5.74) is 1.04. The molecule has 1 N–H and O–H groups in total. The van der Waals surface area contributed by atoms with Crippen molar-refractivity contribution in [3.05, 3.63) is 72.3 Å². The normalized spacial score (nSPS) is 10.9. The van der Waals surface area contributed by atoms with E-state index < -0.39 is 15.9 Å². The van der Waals surface area contributed by atoms with E-state index in [0.717, 1.165) is 10.6 Å². The second kappa shape index (κ2) is 11.5. The van der Waals surface area contributed by atoms with Crippen molar-refractivity contribution in [2.75, 3.05) is 38.4 Å². The van der Waals surface area contributed by atoms with Gasteiger partial charge in [-0.25, -0.2) is 8.42 Å². The molecule has 0 saturated carbocycles. The standard InChI is InChI=1S/C25H28N2O7S/c1-31-22-14-18(15-23(32-2)25(22)33-3)16-26-24(28)17-27(35(4,29)30)19-10-12-21(13-11-19)34-20-8-6-5-7-9-20/h5-15H,16-17H2,1-4H3,(H,26,28). The zero-order valence-electron chi connectivity index (χ0n) is 20.0. The summed E-state index contributed by atoms with van der Waals surface area (Å²) in [6, 6.07) is 19.1. The van der Waals surface area contributed by atoms with Crippen molar-refractivity contribution in [2.45, 2.75) is 6.54 Å². The summed E-state index contributed by atoms with van der Waals surface area (Å²) in [6.07, 6.45) is 1.05. The molecular weight excluding hydrogens is 472 g/mol. The number of hydrogen-bond donors (Lipinski definition) is 1. The number of hydrogen-bond acceptors (Lipinski definition) is 7. The smallest absolute Gasteiger partial charge is 0.241 e. The number of para-hydroxylation sites is 1. The second-order valence-corrected chi connectivity index (χ2v) is 9.40. The van der Waals surface area contributed by atoms with E-state index in [9.17, 15) is 13.2 Å². The number of amides is 1. The fourth-order valence-electron chi connectivity index (χ4n) is 3.33. The van der Waals surface area contributed by atoms with Gasteiger partial charge in [-0.3, -0.25) is 9.10 Å². The molecule has 9 nitrogen and oxygen atoms in total. The zero-order chi connectivity index (χ0) is 25.4. The summed E-state index contributed by atoms with van der Waals surface area (Å²) in [5, 5.41) is 2.73. The van der Waals surface area contributed by atoms with Gasteiger partial charge in [0, 0.05) is 6.54 Å². The van der Waals surface area contributed by atoms with E-state index in [1.807, 2.05) is 30.3 Å². The first-order valence-electron chi connectivity index (χ1n) is 10.6. The summed E-state index contributed by atoms with van der Waals surface area (Å²) in [4.78, 5) is 12.7. The number of benzene rings is 3. The Morgan fingerprint density at radius 1 is 0.857 bits per heavy atom. The first-order valence-corrected chi connectivity index (χ1v) is 12.5. The largest absolute Gasteiger partial charge is 0.493 e. The quantitative estimate of drug-likeness (QED) is 0.429.